The fourth-order valence-corrected chi connectivity index (χ4v) is 7.19. The van der Waals surface area contributed by atoms with Crippen LogP contribution in [0.3, 0.4) is 0 Å². The van der Waals surface area contributed by atoms with E-state index < -0.39 is 15.3 Å². The van der Waals surface area contributed by atoms with Crippen LogP contribution in [0, 0.1) is 8.99 Å². The average Bonchev–Trinajstić information content (AvgIpc) is 2.88. The molecular weight excluding hydrogens is 459 g/mol. The van der Waals surface area contributed by atoms with Crippen molar-refractivity contribution < 1.29 is 13.2 Å². The molecule has 0 bridgehead atoms. The maximum absolute atomic E-state index is 12.4. The zero-order valence-corrected chi connectivity index (χ0v) is 17.5. The van der Waals surface area contributed by atoms with Crippen molar-refractivity contribution in [2.45, 2.75) is 32.1 Å². The van der Waals surface area contributed by atoms with E-state index in [1.807, 2.05) is 49.9 Å². The molecule has 2 aliphatic rings. The van der Waals surface area contributed by atoms with Gasteiger partial charge >= 0.3 is 0 Å². The third kappa shape index (κ3) is 3.65. The number of thioether (sulfide) groups is 1. The van der Waals surface area contributed by atoms with Gasteiger partial charge in [-0.3, -0.25) is 4.79 Å². The lowest BCUT2D eigenvalue weighted by atomic mass is 9.96. The molecule has 2 saturated heterocycles. The average molecular weight is 478 g/mol. The molecule has 2 heterocycles. The van der Waals surface area contributed by atoms with E-state index in [4.69, 9.17) is 0 Å². The summed E-state index contributed by atoms with van der Waals surface area (Å²) in [6, 6.07) is 7.68. The van der Waals surface area contributed by atoms with Gasteiger partial charge in [0.15, 0.2) is 15.0 Å². The van der Waals surface area contributed by atoms with Crippen LogP contribution in [-0.4, -0.2) is 42.3 Å². The van der Waals surface area contributed by atoms with Crippen molar-refractivity contribution in [2.24, 2.45) is 10.4 Å². The second-order valence-electron chi connectivity index (χ2n) is 7.10. The summed E-state index contributed by atoms with van der Waals surface area (Å²) in [7, 11) is -3.04. The van der Waals surface area contributed by atoms with E-state index in [1.54, 1.807) is 0 Å². The van der Waals surface area contributed by atoms with Crippen LogP contribution in [-0.2, 0) is 14.6 Å². The first-order valence-corrected chi connectivity index (χ1v) is 11.4. The van der Waals surface area contributed by atoms with Crippen LogP contribution < -0.4 is 4.90 Å². The van der Waals surface area contributed by atoms with Gasteiger partial charge in [-0.1, -0.05) is 38.6 Å². The summed E-state index contributed by atoms with van der Waals surface area (Å²) >= 11 is 3.64. The van der Waals surface area contributed by atoms with E-state index in [-0.39, 0.29) is 28.7 Å². The first-order valence-electron chi connectivity index (χ1n) is 7.62. The third-order valence-electron chi connectivity index (χ3n) is 3.99. The topological polar surface area (TPSA) is 66.8 Å². The quantitative estimate of drug-likeness (QED) is 0.581. The molecule has 0 aromatic heterocycles. The van der Waals surface area contributed by atoms with Crippen LogP contribution in [0.5, 0.6) is 0 Å². The zero-order valence-electron chi connectivity index (χ0n) is 13.7. The van der Waals surface area contributed by atoms with Crippen LogP contribution >= 0.6 is 34.4 Å². The Hall–Kier alpha value is -0.610. The number of carbonyl (C=O) groups excluding carboxylic acids is 1. The van der Waals surface area contributed by atoms with Crippen molar-refractivity contribution in [2.75, 3.05) is 16.4 Å². The van der Waals surface area contributed by atoms with Gasteiger partial charge in [-0.25, -0.2) is 8.42 Å². The maximum atomic E-state index is 12.4. The van der Waals surface area contributed by atoms with Gasteiger partial charge in [0.05, 0.1) is 17.5 Å². The van der Waals surface area contributed by atoms with Gasteiger partial charge in [-0.2, -0.15) is 4.99 Å². The summed E-state index contributed by atoms with van der Waals surface area (Å²) < 4.78 is 25.1. The minimum absolute atomic E-state index is 0.0700. The summed E-state index contributed by atoms with van der Waals surface area (Å²) in [5.74, 6) is 0.0631. The lowest BCUT2D eigenvalue weighted by Gasteiger charge is -2.25. The normalized spacial score (nSPS) is 27.5. The molecule has 0 aliphatic carbocycles. The first-order chi connectivity index (χ1) is 11.1. The van der Waals surface area contributed by atoms with Gasteiger partial charge in [0.25, 0.3) is 5.91 Å². The Morgan fingerprint density at radius 2 is 2.04 bits per heavy atom. The molecule has 130 valence electrons. The number of halogens is 1. The monoisotopic (exact) mass is 478 g/mol. The fourth-order valence-electron chi connectivity index (χ4n) is 2.75. The standard InChI is InChI=1S/C16H19IN2O3S2/c1-16(2,3)14(20)18-15-19(11-6-4-5-10(17)7-11)12-8-24(21,22)9-13(12)23-15/h4-7,12-13H,8-9H2,1-3H3/t12-,13+/m0/s1. The SMILES string of the molecule is CC(C)(C)C(=O)N=C1S[C@@H]2CS(=O)(=O)C[C@@H]2N1c1cccc(I)c1. The highest BCUT2D eigenvalue weighted by Gasteiger charge is 2.49. The van der Waals surface area contributed by atoms with Gasteiger partial charge < -0.3 is 4.90 Å². The van der Waals surface area contributed by atoms with Crippen molar-refractivity contribution in [3.8, 4) is 0 Å². The number of amides is 1. The van der Waals surface area contributed by atoms with Crippen LogP contribution in [0.4, 0.5) is 5.69 Å². The highest BCUT2D eigenvalue weighted by Crippen LogP contribution is 2.41. The molecule has 0 spiro atoms. The Labute approximate surface area is 160 Å². The van der Waals surface area contributed by atoms with Gasteiger partial charge in [0.1, 0.15) is 0 Å². The van der Waals surface area contributed by atoms with Gasteiger partial charge in [-0.05, 0) is 40.8 Å². The summed E-state index contributed by atoms with van der Waals surface area (Å²) in [6.45, 7) is 5.50. The summed E-state index contributed by atoms with van der Waals surface area (Å²) in [4.78, 5) is 18.6. The number of aliphatic imine (C=N–C) groups is 1. The Morgan fingerprint density at radius 1 is 1.33 bits per heavy atom. The Morgan fingerprint density at radius 3 is 2.67 bits per heavy atom. The highest BCUT2D eigenvalue weighted by atomic mass is 127. The molecule has 1 amide bonds. The molecule has 0 radical (unpaired) electrons. The molecule has 5 nitrogen and oxygen atoms in total. The molecule has 2 fully saturated rings. The van der Waals surface area contributed by atoms with Gasteiger partial charge in [0, 0.05) is 19.9 Å². The molecule has 0 N–H and O–H groups in total. The summed E-state index contributed by atoms with van der Waals surface area (Å²) in [5, 5.41) is 0.543. The van der Waals surface area contributed by atoms with Crippen LogP contribution in [0.2, 0.25) is 0 Å². The maximum Gasteiger partial charge on any atom is 0.253 e. The number of fused-ring (bicyclic) bond motifs is 1. The number of hydrogen-bond acceptors (Lipinski definition) is 4. The van der Waals surface area contributed by atoms with Crippen molar-refractivity contribution in [1.82, 2.24) is 0 Å². The minimum Gasteiger partial charge on any atom is -0.316 e. The van der Waals surface area contributed by atoms with E-state index in [2.05, 4.69) is 27.6 Å². The number of nitrogens with zero attached hydrogens (tertiary/aromatic N) is 2. The lowest BCUT2D eigenvalue weighted by molar-refractivity contribution is -0.124. The number of benzene rings is 1. The third-order valence-corrected chi connectivity index (χ3v) is 7.87. The van der Waals surface area contributed by atoms with Crippen LogP contribution in [0.15, 0.2) is 29.3 Å². The second-order valence-corrected chi connectivity index (χ2v) is 11.7. The molecule has 8 heteroatoms. The molecule has 24 heavy (non-hydrogen) atoms. The Balaban J connectivity index is 2.03. The fraction of sp³-hybridized carbons (Fsp3) is 0.500. The first kappa shape index (κ1) is 18.2. The molecular formula is C16H19IN2O3S2. The number of rotatable bonds is 1. The number of carbonyl (C=O) groups is 1. The van der Waals surface area contributed by atoms with Crippen molar-refractivity contribution in [3.63, 3.8) is 0 Å². The van der Waals surface area contributed by atoms with Crippen LogP contribution in [0.1, 0.15) is 20.8 Å². The molecule has 2 aliphatic heterocycles. The predicted molar refractivity (Wildman–Crippen MR) is 107 cm³/mol. The summed E-state index contributed by atoms with van der Waals surface area (Å²) in [6.07, 6.45) is 0. The van der Waals surface area contributed by atoms with Gasteiger partial charge in [-0.15, -0.1) is 0 Å². The van der Waals surface area contributed by atoms with E-state index in [9.17, 15) is 13.2 Å². The van der Waals surface area contributed by atoms with E-state index in [1.165, 1.54) is 11.8 Å². The molecule has 0 unspecified atom stereocenters. The number of anilines is 1. The molecule has 1 aromatic carbocycles. The minimum atomic E-state index is -3.04. The van der Waals surface area contributed by atoms with Crippen molar-refractivity contribution in [1.29, 1.82) is 0 Å². The van der Waals surface area contributed by atoms with E-state index >= 15 is 0 Å². The molecule has 0 saturated carbocycles. The highest BCUT2D eigenvalue weighted by molar-refractivity contribution is 14.1. The predicted octanol–water partition coefficient (Wildman–Crippen LogP) is 2.94. The van der Waals surface area contributed by atoms with Crippen molar-refractivity contribution in [3.05, 3.63) is 27.8 Å². The Kier molecular flexibility index (Phi) is 4.76. The van der Waals surface area contributed by atoms with Gasteiger partial charge in [0.2, 0.25) is 0 Å². The number of amidine groups is 1. The van der Waals surface area contributed by atoms with E-state index in [0.717, 1.165) is 9.26 Å². The zero-order chi connectivity index (χ0) is 17.7. The number of hydrogen-bond donors (Lipinski definition) is 0. The second kappa shape index (κ2) is 6.28. The molecule has 1 aromatic rings. The Bertz CT molecular complexity index is 815. The van der Waals surface area contributed by atoms with Crippen molar-refractivity contribution >= 4 is 61.0 Å². The lowest BCUT2D eigenvalue weighted by Crippen LogP contribution is -2.38. The largest absolute Gasteiger partial charge is 0.316 e. The smallest absolute Gasteiger partial charge is 0.253 e. The molecule has 3 rings (SSSR count). The molecule has 2 atom stereocenters. The van der Waals surface area contributed by atoms with Crippen LogP contribution in [0.25, 0.3) is 0 Å². The van der Waals surface area contributed by atoms with E-state index in [0.29, 0.717) is 5.17 Å². The summed E-state index contributed by atoms with van der Waals surface area (Å²) in [5.41, 5.74) is 0.327. The number of sulfone groups is 1.